The number of anilines is 1. The molecule has 0 aliphatic carbocycles. The van der Waals surface area contributed by atoms with Gasteiger partial charge < -0.3 is 15.2 Å². The average molecular weight is 548 g/mol. The number of halogens is 2. The smallest absolute Gasteiger partial charge is 0.194 e. The monoisotopic (exact) mass is 547 g/mol. The van der Waals surface area contributed by atoms with E-state index in [9.17, 15) is 13.7 Å². The highest BCUT2D eigenvalue weighted by Crippen LogP contribution is 2.30. The fraction of sp³-hybridized carbons (Fsp3) is 0.154. The summed E-state index contributed by atoms with van der Waals surface area (Å²) in [4.78, 5) is 4.38. The minimum absolute atomic E-state index is 0.0418. The maximum absolute atomic E-state index is 13.7. The highest BCUT2D eigenvalue weighted by Gasteiger charge is 2.10. The second kappa shape index (κ2) is 13.6. The fourth-order valence-corrected chi connectivity index (χ4v) is 5.15. The Bertz CT molecular complexity index is 1370. The number of nitrogens with one attached hydrogen (secondary N) is 2. The summed E-state index contributed by atoms with van der Waals surface area (Å²) in [6, 6.07) is 9.74. The number of phenolic OH excluding ortho intramolecular Hbond substituents is 1. The van der Waals surface area contributed by atoms with Crippen LogP contribution in [0.15, 0.2) is 65.7 Å². The molecular formula is C26H27ClFN3O3S2. The molecular weight excluding hydrogens is 521 g/mol. The van der Waals surface area contributed by atoms with Gasteiger partial charge in [-0.25, -0.2) is 13.6 Å². The molecule has 0 bridgehead atoms. The van der Waals surface area contributed by atoms with Gasteiger partial charge in [0, 0.05) is 28.7 Å². The third-order valence-corrected chi connectivity index (χ3v) is 7.24. The Morgan fingerprint density at radius 3 is 2.78 bits per heavy atom. The van der Waals surface area contributed by atoms with Crippen LogP contribution in [0.1, 0.15) is 12.5 Å². The summed E-state index contributed by atoms with van der Waals surface area (Å²) in [6.07, 6.45) is 13.4. The Labute approximate surface area is 220 Å². The second-order valence-corrected chi connectivity index (χ2v) is 10.6. The van der Waals surface area contributed by atoms with Gasteiger partial charge >= 0.3 is 0 Å². The van der Waals surface area contributed by atoms with Gasteiger partial charge in [0.25, 0.3) is 0 Å². The summed E-state index contributed by atoms with van der Waals surface area (Å²) in [7, 11) is -1.20. The summed E-state index contributed by atoms with van der Waals surface area (Å²) >= 11 is 6.99. The van der Waals surface area contributed by atoms with Crippen LogP contribution in [-0.4, -0.2) is 33.0 Å². The molecule has 3 N–H and O–H groups in total. The summed E-state index contributed by atoms with van der Waals surface area (Å²) in [5.41, 5.74) is 2.61. The van der Waals surface area contributed by atoms with Crippen molar-refractivity contribution in [2.24, 2.45) is 0 Å². The predicted octanol–water partition coefficient (Wildman–Crippen LogP) is 5.86. The number of hydrogen-bond acceptors (Lipinski definition) is 6. The van der Waals surface area contributed by atoms with Crippen LogP contribution >= 0.6 is 22.9 Å². The normalized spacial score (nSPS) is 12.9. The van der Waals surface area contributed by atoms with E-state index in [1.165, 1.54) is 30.6 Å². The molecule has 1 aromatic heterocycles. The number of hydrogen-bond donors (Lipinski definition) is 3. The van der Waals surface area contributed by atoms with Crippen LogP contribution in [0.4, 0.5) is 9.52 Å². The minimum Gasteiger partial charge on any atom is -0.504 e. The van der Waals surface area contributed by atoms with E-state index in [0.717, 1.165) is 5.70 Å². The second-order valence-electron chi connectivity index (χ2n) is 7.22. The van der Waals surface area contributed by atoms with Gasteiger partial charge in [-0.2, -0.15) is 0 Å². The number of allylic oxidation sites excluding steroid dienone is 2. The van der Waals surface area contributed by atoms with Crippen LogP contribution in [0.25, 0.3) is 11.3 Å². The maximum atomic E-state index is 13.7. The van der Waals surface area contributed by atoms with Crippen molar-refractivity contribution in [3.05, 3.63) is 82.1 Å². The Morgan fingerprint density at radius 2 is 2.11 bits per heavy atom. The minimum atomic E-state index is -2.70. The molecule has 0 saturated carbocycles. The summed E-state index contributed by atoms with van der Waals surface area (Å²) in [5, 5.41) is 15.6. The number of para-hydroxylation sites is 1. The zero-order chi connectivity index (χ0) is 26.7. The number of benzene rings is 2. The number of aromatic nitrogens is 1. The maximum Gasteiger partial charge on any atom is 0.194 e. The van der Waals surface area contributed by atoms with Crippen LogP contribution in [0.5, 0.6) is 11.5 Å². The van der Waals surface area contributed by atoms with Crippen LogP contribution in [0, 0.1) is 18.7 Å². The molecule has 3 rings (SSSR count). The first kappa shape index (κ1) is 28.8. The lowest BCUT2D eigenvalue weighted by atomic mass is 10.2. The molecule has 1 atom stereocenters. The van der Waals surface area contributed by atoms with Crippen molar-refractivity contribution < 1.29 is 18.4 Å². The highest BCUT2D eigenvalue weighted by molar-refractivity contribution is 8.01. The predicted molar refractivity (Wildman–Crippen MR) is 151 cm³/mol. The number of aromatic hydroxyl groups is 1. The van der Waals surface area contributed by atoms with Crippen LogP contribution in [-0.2, 0) is 16.3 Å². The molecule has 2 aromatic carbocycles. The number of nitrogens with zero attached hydrogens (tertiary/aromatic N) is 1. The van der Waals surface area contributed by atoms with Gasteiger partial charge in [-0.3, -0.25) is 4.72 Å². The number of methoxy groups -OCH3 is 1. The SMILES string of the molecule is C#C.C=S(=O)(C/C=C\C(=C/C)NCc1cccc(OC)c1O)Nc1nc(-c2ccc(Cl)c(F)c2)cs1. The zero-order valence-corrected chi connectivity index (χ0v) is 22.2. The number of thiazole rings is 1. The molecule has 0 amide bonds. The van der Waals surface area contributed by atoms with E-state index in [0.29, 0.717) is 34.2 Å². The van der Waals surface area contributed by atoms with Gasteiger partial charge in [0.1, 0.15) is 5.82 Å². The number of terminal acetylenes is 1. The van der Waals surface area contributed by atoms with Gasteiger partial charge in [0.2, 0.25) is 0 Å². The van der Waals surface area contributed by atoms with Crippen molar-refractivity contribution in [3.8, 4) is 35.6 Å². The van der Waals surface area contributed by atoms with E-state index < -0.39 is 15.5 Å². The molecule has 0 aliphatic heterocycles. The third-order valence-electron chi connectivity index (χ3n) is 4.75. The van der Waals surface area contributed by atoms with Crippen molar-refractivity contribution in [1.82, 2.24) is 10.3 Å². The van der Waals surface area contributed by atoms with E-state index in [1.54, 1.807) is 41.8 Å². The standard InChI is InChI=1S/C24H25ClFN3O3S2.C2H2/c1-4-18(27-14-17-7-5-9-22(32-2)23(17)30)8-6-12-34(3,31)29-24-28-21(15-33-24)16-10-11-19(25)20(26)13-16;1-2/h4-11,13,15,27,30H,3,12,14H2,1-2H3,(H,28,29,31);1-2H/b8-6-,18-4+;. The van der Waals surface area contributed by atoms with E-state index in [2.05, 4.69) is 33.7 Å². The molecule has 1 unspecified atom stereocenters. The highest BCUT2D eigenvalue weighted by atomic mass is 35.5. The van der Waals surface area contributed by atoms with Crippen LogP contribution in [0.2, 0.25) is 5.02 Å². The topological polar surface area (TPSA) is 83.5 Å². The molecule has 0 saturated heterocycles. The third kappa shape index (κ3) is 8.05. The van der Waals surface area contributed by atoms with Gasteiger partial charge in [0.15, 0.2) is 16.6 Å². The van der Waals surface area contributed by atoms with E-state index >= 15 is 0 Å². The Balaban J connectivity index is 0.00000222. The Kier molecular flexibility index (Phi) is 10.9. The van der Waals surface area contributed by atoms with E-state index in [-0.39, 0.29) is 16.5 Å². The molecule has 0 spiro atoms. The molecule has 1 heterocycles. The Hall–Kier alpha value is -3.45. The zero-order valence-electron chi connectivity index (χ0n) is 19.8. The Morgan fingerprint density at radius 1 is 1.36 bits per heavy atom. The fourth-order valence-electron chi connectivity index (χ4n) is 2.97. The molecule has 10 heteroatoms. The first-order chi connectivity index (χ1) is 17.2. The number of phenols is 1. The average Bonchev–Trinajstić information content (AvgIpc) is 3.32. The molecule has 0 fully saturated rings. The van der Waals surface area contributed by atoms with Gasteiger partial charge in [0.05, 0.1) is 33.3 Å². The van der Waals surface area contributed by atoms with Gasteiger partial charge in [-0.05, 0) is 37.1 Å². The molecule has 6 nitrogen and oxygen atoms in total. The number of ether oxygens (including phenoxy) is 1. The van der Waals surface area contributed by atoms with E-state index in [1.807, 2.05) is 13.0 Å². The van der Waals surface area contributed by atoms with Gasteiger partial charge in [-0.1, -0.05) is 42.0 Å². The van der Waals surface area contributed by atoms with Crippen LogP contribution in [0.3, 0.4) is 0 Å². The van der Waals surface area contributed by atoms with Crippen LogP contribution < -0.4 is 14.8 Å². The van der Waals surface area contributed by atoms with Crippen molar-refractivity contribution in [3.63, 3.8) is 0 Å². The quantitative estimate of drug-likeness (QED) is 0.168. The summed E-state index contributed by atoms with van der Waals surface area (Å²) in [6.45, 7) is 2.26. The molecule has 3 aromatic rings. The van der Waals surface area contributed by atoms with Crippen molar-refractivity contribution in [1.29, 1.82) is 0 Å². The lowest BCUT2D eigenvalue weighted by Gasteiger charge is -2.11. The first-order valence-electron chi connectivity index (χ1n) is 10.5. The molecule has 0 aliphatic rings. The number of rotatable bonds is 10. The summed E-state index contributed by atoms with van der Waals surface area (Å²) in [5.74, 6) is 3.93. The molecule has 190 valence electrons. The van der Waals surface area contributed by atoms with Crippen molar-refractivity contribution in [2.45, 2.75) is 13.5 Å². The van der Waals surface area contributed by atoms with Gasteiger partial charge in [-0.15, -0.1) is 24.2 Å². The largest absolute Gasteiger partial charge is 0.504 e. The van der Waals surface area contributed by atoms with Crippen molar-refractivity contribution >= 4 is 43.6 Å². The molecule has 36 heavy (non-hydrogen) atoms. The summed E-state index contributed by atoms with van der Waals surface area (Å²) < 4.78 is 34.6. The first-order valence-corrected chi connectivity index (χ1v) is 13.7. The molecule has 0 radical (unpaired) electrons. The lowest BCUT2D eigenvalue weighted by Crippen LogP contribution is -2.15. The lowest BCUT2D eigenvalue weighted by molar-refractivity contribution is 0.370. The van der Waals surface area contributed by atoms with E-state index in [4.69, 9.17) is 16.3 Å². The van der Waals surface area contributed by atoms with Crippen molar-refractivity contribution in [2.75, 3.05) is 17.6 Å².